The van der Waals surface area contributed by atoms with Gasteiger partial charge in [0.1, 0.15) is 13.1 Å². The molecule has 2 rings (SSSR count). The standard InChI is InChI=1S/C8H9N.2C2H6.ClH/c1-2-4-8-6-9-5-7(8)3-1;2*1-2;/h1-4,9H,5-6H2;2*1-2H3;1H. The van der Waals surface area contributed by atoms with E-state index in [4.69, 9.17) is 0 Å². The van der Waals surface area contributed by atoms with Crippen molar-refractivity contribution in [3.8, 4) is 0 Å². The van der Waals surface area contributed by atoms with Crippen LogP contribution in [0.5, 0.6) is 0 Å². The first-order chi connectivity index (χ1) is 6.47. The quantitative estimate of drug-likeness (QED) is 0.591. The van der Waals surface area contributed by atoms with Crippen LogP contribution in [0.15, 0.2) is 24.3 Å². The Hall–Kier alpha value is -0.530. The molecule has 1 aliphatic rings. The predicted molar refractivity (Wildman–Crippen MR) is 58.5 cm³/mol. The van der Waals surface area contributed by atoms with Gasteiger partial charge in [-0.2, -0.15) is 0 Å². The Morgan fingerprint density at radius 3 is 1.57 bits per heavy atom. The fourth-order valence-electron chi connectivity index (χ4n) is 1.34. The van der Waals surface area contributed by atoms with E-state index in [-0.39, 0.29) is 12.4 Å². The van der Waals surface area contributed by atoms with Gasteiger partial charge in [0.2, 0.25) is 0 Å². The van der Waals surface area contributed by atoms with Crippen molar-refractivity contribution in [2.24, 2.45) is 0 Å². The molecule has 82 valence electrons. The molecule has 1 aliphatic heterocycles. The van der Waals surface area contributed by atoms with E-state index in [1.165, 1.54) is 24.2 Å². The number of nitrogens with two attached hydrogens (primary N) is 1. The zero-order valence-electron chi connectivity index (χ0n) is 9.68. The van der Waals surface area contributed by atoms with Crippen molar-refractivity contribution in [2.75, 3.05) is 0 Å². The van der Waals surface area contributed by atoms with E-state index in [9.17, 15) is 0 Å². The first-order valence-corrected chi connectivity index (χ1v) is 5.35. The first kappa shape index (κ1) is 15.9. The number of hydrogen-bond acceptors (Lipinski definition) is 0. The van der Waals surface area contributed by atoms with Crippen LogP contribution in [0.3, 0.4) is 0 Å². The summed E-state index contributed by atoms with van der Waals surface area (Å²) in [6, 6.07) is 8.63. The van der Waals surface area contributed by atoms with Gasteiger partial charge in [-0.25, -0.2) is 0 Å². The molecule has 0 fully saturated rings. The summed E-state index contributed by atoms with van der Waals surface area (Å²) in [6.07, 6.45) is 0. The van der Waals surface area contributed by atoms with Gasteiger partial charge in [0, 0.05) is 11.1 Å². The topological polar surface area (TPSA) is 16.6 Å². The Balaban J connectivity index is 0. The molecule has 0 spiro atoms. The van der Waals surface area contributed by atoms with E-state index in [1.807, 2.05) is 27.7 Å². The summed E-state index contributed by atoms with van der Waals surface area (Å²) in [5.41, 5.74) is 3.02. The molecule has 0 atom stereocenters. The summed E-state index contributed by atoms with van der Waals surface area (Å²) < 4.78 is 0. The minimum absolute atomic E-state index is 0. The van der Waals surface area contributed by atoms with Crippen LogP contribution in [0.2, 0.25) is 0 Å². The first-order valence-electron chi connectivity index (χ1n) is 5.35. The number of benzene rings is 1. The molecule has 0 bridgehead atoms. The second-order valence-corrected chi connectivity index (χ2v) is 2.47. The van der Waals surface area contributed by atoms with Gasteiger partial charge in [-0.1, -0.05) is 52.0 Å². The smallest absolute Gasteiger partial charge is 0.102 e. The predicted octanol–water partition coefficient (Wildman–Crippen LogP) is -0.680. The lowest BCUT2D eigenvalue weighted by atomic mass is 10.1. The highest BCUT2D eigenvalue weighted by Gasteiger charge is 2.10. The van der Waals surface area contributed by atoms with Crippen molar-refractivity contribution in [3.05, 3.63) is 35.4 Å². The van der Waals surface area contributed by atoms with Crippen LogP contribution in [0.1, 0.15) is 38.8 Å². The normalized spacial score (nSPS) is 10.9. The molecule has 0 amide bonds. The Morgan fingerprint density at radius 1 is 0.857 bits per heavy atom. The van der Waals surface area contributed by atoms with Gasteiger partial charge in [0.05, 0.1) is 0 Å². The fourth-order valence-corrected chi connectivity index (χ4v) is 1.34. The summed E-state index contributed by atoms with van der Waals surface area (Å²) in [5, 5.41) is 2.32. The molecule has 1 heterocycles. The number of halogens is 1. The molecular formula is C12H22ClN. The molecule has 0 aliphatic carbocycles. The summed E-state index contributed by atoms with van der Waals surface area (Å²) >= 11 is 0. The van der Waals surface area contributed by atoms with Crippen LogP contribution in [-0.2, 0) is 13.1 Å². The third-order valence-electron chi connectivity index (χ3n) is 1.85. The van der Waals surface area contributed by atoms with E-state index >= 15 is 0 Å². The Bertz CT molecular complexity index is 200. The van der Waals surface area contributed by atoms with Gasteiger partial charge in [-0.3, -0.25) is 0 Å². The molecule has 2 N–H and O–H groups in total. The Labute approximate surface area is 94.3 Å². The SMILES string of the molecule is CC.CC.[Cl-].c1ccc2c(c1)C[NH2+]C2. The zero-order chi connectivity index (χ0) is 10.1. The third kappa shape index (κ3) is 4.64. The summed E-state index contributed by atoms with van der Waals surface area (Å²) in [5.74, 6) is 0. The molecule has 0 radical (unpaired) electrons. The molecule has 2 heteroatoms. The second kappa shape index (κ2) is 10.6. The van der Waals surface area contributed by atoms with E-state index < -0.39 is 0 Å². The molecule has 0 saturated heterocycles. The highest BCUT2D eigenvalue weighted by molar-refractivity contribution is 5.26. The highest BCUT2D eigenvalue weighted by atomic mass is 35.5. The van der Waals surface area contributed by atoms with Crippen LogP contribution in [0, 0.1) is 0 Å². The lowest BCUT2D eigenvalue weighted by Crippen LogP contribution is -3.00. The van der Waals surface area contributed by atoms with Gasteiger partial charge >= 0.3 is 0 Å². The second-order valence-electron chi connectivity index (χ2n) is 2.47. The van der Waals surface area contributed by atoms with Crippen LogP contribution < -0.4 is 17.7 Å². The highest BCUT2D eigenvalue weighted by Crippen LogP contribution is 2.08. The van der Waals surface area contributed by atoms with Crippen molar-refractivity contribution in [1.82, 2.24) is 0 Å². The Kier molecular flexibility index (Phi) is 12.0. The largest absolute Gasteiger partial charge is 1.00 e. The number of quaternary nitrogens is 1. The molecule has 1 aromatic rings. The lowest BCUT2D eigenvalue weighted by molar-refractivity contribution is -0.676. The van der Waals surface area contributed by atoms with E-state index in [0.29, 0.717) is 0 Å². The van der Waals surface area contributed by atoms with Gasteiger partial charge < -0.3 is 17.7 Å². The Morgan fingerprint density at radius 2 is 1.21 bits per heavy atom. The summed E-state index contributed by atoms with van der Waals surface area (Å²) in [4.78, 5) is 0. The average molecular weight is 216 g/mol. The summed E-state index contributed by atoms with van der Waals surface area (Å²) in [6.45, 7) is 10.4. The fraction of sp³-hybridized carbons (Fsp3) is 0.500. The molecule has 1 nitrogen and oxygen atoms in total. The van der Waals surface area contributed by atoms with Gasteiger partial charge in [0.15, 0.2) is 0 Å². The summed E-state index contributed by atoms with van der Waals surface area (Å²) in [7, 11) is 0. The van der Waals surface area contributed by atoms with Crippen molar-refractivity contribution >= 4 is 0 Å². The zero-order valence-corrected chi connectivity index (χ0v) is 10.4. The molecule has 1 aromatic carbocycles. The number of hydrogen-bond donors (Lipinski definition) is 1. The van der Waals surface area contributed by atoms with Crippen LogP contribution in [0.25, 0.3) is 0 Å². The van der Waals surface area contributed by atoms with Crippen molar-refractivity contribution in [1.29, 1.82) is 0 Å². The van der Waals surface area contributed by atoms with Crippen molar-refractivity contribution in [2.45, 2.75) is 40.8 Å². The van der Waals surface area contributed by atoms with Crippen LogP contribution >= 0.6 is 0 Å². The molecule has 14 heavy (non-hydrogen) atoms. The average Bonchev–Trinajstić information content (AvgIpc) is 2.71. The maximum absolute atomic E-state index is 2.32. The molecule has 0 saturated carbocycles. The van der Waals surface area contributed by atoms with Gasteiger partial charge in [0.25, 0.3) is 0 Å². The van der Waals surface area contributed by atoms with Crippen LogP contribution in [-0.4, -0.2) is 0 Å². The minimum Gasteiger partial charge on any atom is -1.00 e. The van der Waals surface area contributed by atoms with E-state index in [0.717, 1.165) is 0 Å². The van der Waals surface area contributed by atoms with Gasteiger partial charge in [-0.15, -0.1) is 0 Å². The van der Waals surface area contributed by atoms with Gasteiger partial charge in [-0.05, 0) is 0 Å². The maximum atomic E-state index is 2.32. The monoisotopic (exact) mass is 215 g/mol. The van der Waals surface area contributed by atoms with E-state index in [1.54, 1.807) is 0 Å². The number of rotatable bonds is 0. The molecule has 0 unspecified atom stereocenters. The molecule has 0 aromatic heterocycles. The molecular weight excluding hydrogens is 194 g/mol. The number of fused-ring (bicyclic) bond motifs is 1. The maximum Gasteiger partial charge on any atom is 0.102 e. The van der Waals surface area contributed by atoms with Crippen LogP contribution in [0.4, 0.5) is 0 Å². The lowest BCUT2D eigenvalue weighted by Gasteiger charge is -1.88. The van der Waals surface area contributed by atoms with E-state index in [2.05, 4.69) is 29.6 Å². The minimum atomic E-state index is 0. The van der Waals surface area contributed by atoms with Crippen molar-refractivity contribution in [3.63, 3.8) is 0 Å². The third-order valence-corrected chi connectivity index (χ3v) is 1.85. The van der Waals surface area contributed by atoms with Crippen molar-refractivity contribution < 1.29 is 17.7 Å².